The molecular weight excluding hydrogens is 426 g/mol. The van der Waals surface area contributed by atoms with Crippen LogP contribution in [0, 0.1) is 0 Å². The van der Waals surface area contributed by atoms with Gasteiger partial charge in [0.25, 0.3) is 0 Å². The molecule has 0 aromatic heterocycles. The summed E-state index contributed by atoms with van der Waals surface area (Å²) in [5.41, 5.74) is 0.592. The van der Waals surface area contributed by atoms with Crippen LogP contribution in [-0.4, -0.2) is 70.5 Å². The van der Waals surface area contributed by atoms with E-state index in [2.05, 4.69) is 9.62 Å². The molecule has 0 bridgehead atoms. The van der Waals surface area contributed by atoms with E-state index in [1.54, 1.807) is 12.1 Å². The maximum atomic E-state index is 13.2. The van der Waals surface area contributed by atoms with Crippen LogP contribution in [0.25, 0.3) is 0 Å². The van der Waals surface area contributed by atoms with Crippen LogP contribution >= 0.6 is 12.4 Å². The highest BCUT2D eigenvalue weighted by Crippen LogP contribution is 2.31. The normalized spacial score (nSPS) is 22.4. The molecule has 9 heteroatoms. The second-order valence-corrected chi connectivity index (χ2v) is 9.85. The summed E-state index contributed by atoms with van der Waals surface area (Å²) < 4.78 is 32.3. The van der Waals surface area contributed by atoms with E-state index in [0.29, 0.717) is 11.6 Å². The fraction of sp³-hybridized carbons (Fsp3) is 0.667. The molecule has 1 aromatic carbocycles. The Hall–Kier alpha value is -1.35. The minimum absolute atomic E-state index is 0. The van der Waals surface area contributed by atoms with Crippen LogP contribution in [0.5, 0.6) is 5.75 Å². The van der Waals surface area contributed by atoms with Gasteiger partial charge in [-0.1, -0.05) is 25.0 Å². The third kappa shape index (κ3) is 5.28. The summed E-state index contributed by atoms with van der Waals surface area (Å²) >= 11 is 0. The topological polar surface area (TPSA) is 79.0 Å². The van der Waals surface area contributed by atoms with Gasteiger partial charge in [-0.05, 0) is 51.9 Å². The number of halogens is 1. The maximum absolute atomic E-state index is 13.2. The minimum Gasteiger partial charge on any atom is -0.495 e. The molecule has 30 heavy (non-hydrogen) atoms. The summed E-state index contributed by atoms with van der Waals surface area (Å²) in [5.74, 6) is 0.238. The molecule has 0 radical (unpaired) electrons. The van der Waals surface area contributed by atoms with E-state index < -0.39 is 10.0 Å². The first-order valence-electron chi connectivity index (χ1n) is 10.5. The van der Waals surface area contributed by atoms with Gasteiger partial charge in [-0.25, -0.2) is 13.1 Å². The van der Waals surface area contributed by atoms with Crippen molar-refractivity contribution in [3.05, 3.63) is 23.8 Å². The Kier molecular flexibility index (Phi) is 8.97. The fourth-order valence-electron chi connectivity index (χ4n) is 4.77. The van der Waals surface area contributed by atoms with Gasteiger partial charge >= 0.3 is 0 Å². The number of methoxy groups -OCH3 is 1. The van der Waals surface area contributed by atoms with Crippen LogP contribution in [0.1, 0.15) is 44.1 Å². The number of rotatable bonds is 7. The number of hydrogen-bond acceptors (Lipinski definition) is 5. The van der Waals surface area contributed by atoms with Gasteiger partial charge in [0.1, 0.15) is 10.6 Å². The summed E-state index contributed by atoms with van der Waals surface area (Å²) in [6.07, 6.45) is 7.13. The van der Waals surface area contributed by atoms with E-state index in [9.17, 15) is 13.2 Å². The molecule has 1 aromatic rings. The lowest BCUT2D eigenvalue weighted by molar-refractivity contribution is -0.133. The first-order chi connectivity index (χ1) is 13.9. The summed E-state index contributed by atoms with van der Waals surface area (Å²) in [6, 6.07) is 5.55. The quantitative estimate of drug-likeness (QED) is 0.677. The number of carbonyl (C=O) groups excluding carboxylic acids is 1. The van der Waals surface area contributed by atoms with Crippen molar-refractivity contribution in [3.8, 4) is 5.75 Å². The average molecular weight is 460 g/mol. The SMILES string of the molecule is CNS(=O)(=O)c1cccc(CC(=O)N(C)C2CCCCC2N2CCCC2)c1OC.Cl. The Labute approximate surface area is 186 Å². The molecule has 1 amide bonds. The second-order valence-electron chi connectivity index (χ2n) is 8.00. The summed E-state index contributed by atoms with van der Waals surface area (Å²) in [6.45, 7) is 2.25. The minimum atomic E-state index is -3.67. The molecule has 1 aliphatic carbocycles. The molecule has 2 unspecified atom stereocenters. The number of sulfonamides is 1. The zero-order valence-electron chi connectivity index (χ0n) is 18.1. The van der Waals surface area contributed by atoms with Gasteiger partial charge in [-0.3, -0.25) is 9.69 Å². The highest BCUT2D eigenvalue weighted by molar-refractivity contribution is 7.89. The van der Waals surface area contributed by atoms with Crippen molar-refractivity contribution in [2.45, 2.75) is 61.9 Å². The number of nitrogens with zero attached hydrogens (tertiary/aromatic N) is 2. The van der Waals surface area contributed by atoms with Crippen molar-refractivity contribution < 1.29 is 17.9 Å². The van der Waals surface area contributed by atoms with Gasteiger partial charge in [0.15, 0.2) is 0 Å². The Morgan fingerprint density at radius 1 is 1.20 bits per heavy atom. The highest BCUT2D eigenvalue weighted by Gasteiger charge is 2.35. The smallest absolute Gasteiger partial charge is 0.244 e. The summed E-state index contributed by atoms with van der Waals surface area (Å²) in [5, 5.41) is 0. The largest absolute Gasteiger partial charge is 0.495 e. The van der Waals surface area contributed by atoms with E-state index >= 15 is 0 Å². The van der Waals surface area contributed by atoms with Crippen molar-refractivity contribution in [2.75, 3.05) is 34.3 Å². The second kappa shape index (κ2) is 10.8. The Morgan fingerprint density at radius 3 is 2.50 bits per heavy atom. The molecule has 1 N–H and O–H groups in total. The molecule has 0 spiro atoms. The van der Waals surface area contributed by atoms with Crippen LogP contribution < -0.4 is 9.46 Å². The average Bonchev–Trinajstić information content (AvgIpc) is 3.27. The molecule has 1 saturated heterocycles. The summed E-state index contributed by atoms with van der Waals surface area (Å²) in [7, 11) is 1.02. The van der Waals surface area contributed by atoms with Gasteiger partial charge in [0.05, 0.1) is 13.5 Å². The lowest BCUT2D eigenvalue weighted by Gasteiger charge is -2.42. The van der Waals surface area contributed by atoms with Crippen LogP contribution in [0.4, 0.5) is 0 Å². The maximum Gasteiger partial charge on any atom is 0.244 e. The predicted molar refractivity (Wildman–Crippen MR) is 120 cm³/mol. The first kappa shape index (κ1) is 24.9. The van der Waals surface area contributed by atoms with Gasteiger partial charge in [0.2, 0.25) is 15.9 Å². The van der Waals surface area contributed by atoms with Gasteiger partial charge < -0.3 is 9.64 Å². The van der Waals surface area contributed by atoms with Crippen LogP contribution in [0.2, 0.25) is 0 Å². The standard InChI is InChI=1S/C21H33N3O4S.ClH/c1-22-29(26,27)19-12-8-9-16(21(19)28-3)15-20(25)23(2)17-10-4-5-11-18(17)24-13-6-7-14-24;/h8-9,12,17-18,22H,4-7,10-11,13-15H2,1-3H3;1H. The predicted octanol–water partition coefficient (Wildman–Crippen LogP) is 2.43. The molecule has 3 rings (SSSR count). The number of hydrogen-bond donors (Lipinski definition) is 1. The van der Waals surface area contributed by atoms with Crippen LogP contribution in [-0.2, 0) is 21.2 Å². The van der Waals surface area contributed by atoms with Crippen molar-refractivity contribution in [3.63, 3.8) is 0 Å². The molecule has 2 atom stereocenters. The summed E-state index contributed by atoms with van der Waals surface area (Å²) in [4.78, 5) is 17.7. The Morgan fingerprint density at radius 2 is 1.87 bits per heavy atom. The number of ether oxygens (including phenoxy) is 1. The number of nitrogens with one attached hydrogen (secondary N) is 1. The van der Waals surface area contributed by atoms with Crippen molar-refractivity contribution in [1.82, 2.24) is 14.5 Å². The van der Waals surface area contributed by atoms with Crippen molar-refractivity contribution in [2.24, 2.45) is 0 Å². The Bertz CT molecular complexity index is 828. The van der Waals surface area contributed by atoms with Gasteiger partial charge in [0, 0.05) is 24.7 Å². The zero-order chi connectivity index (χ0) is 21.0. The number of likely N-dealkylation sites (tertiary alicyclic amines) is 1. The van der Waals surface area contributed by atoms with Crippen molar-refractivity contribution >= 4 is 28.3 Å². The Balaban J connectivity index is 0.00000320. The molecule has 7 nitrogen and oxygen atoms in total. The molecular formula is C21H34ClN3O4S. The number of benzene rings is 1. The zero-order valence-corrected chi connectivity index (χ0v) is 19.7. The molecule has 2 fully saturated rings. The van der Waals surface area contributed by atoms with Gasteiger partial charge in [-0.2, -0.15) is 0 Å². The van der Waals surface area contributed by atoms with E-state index in [4.69, 9.17) is 4.74 Å². The monoisotopic (exact) mass is 459 g/mol. The number of likely N-dealkylation sites (N-methyl/N-ethyl adjacent to an activating group) is 1. The molecule has 170 valence electrons. The molecule has 2 aliphatic rings. The van der Waals surface area contributed by atoms with Crippen molar-refractivity contribution in [1.29, 1.82) is 0 Å². The lowest BCUT2D eigenvalue weighted by atomic mass is 9.88. The number of amides is 1. The number of carbonyl (C=O) groups is 1. The molecule has 1 saturated carbocycles. The van der Waals surface area contributed by atoms with E-state index in [1.165, 1.54) is 39.5 Å². The third-order valence-corrected chi connectivity index (χ3v) is 7.80. The lowest BCUT2D eigenvalue weighted by Crippen LogP contribution is -2.53. The fourth-order valence-corrected chi connectivity index (χ4v) is 5.71. The molecule has 1 aliphatic heterocycles. The highest BCUT2D eigenvalue weighted by atomic mass is 35.5. The van der Waals surface area contributed by atoms with Gasteiger partial charge in [-0.15, -0.1) is 12.4 Å². The van der Waals surface area contributed by atoms with Crippen LogP contribution in [0.15, 0.2) is 23.1 Å². The third-order valence-electron chi connectivity index (χ3n) is 6.36. The molecule has 1 heterocycles. The van der Waals surface area contributed by atoms with E-state index in [1.807, 2.05) is 11.9 Å². The number of para-hydroxylation sites is 1. The first-order valence-corrected chi connectivity index (χ1v) is 12.0. The van der Waals surface area contributed by atoms with E-state index in [0.717, 1.165) is 32.4 Å². The van der Waals surface area contributed by atoms with E-state index in [-0.39, 0.29) is 41.4 Å². The van der Waals surface area contributed by atoms with Crippen LogP contribution in [0.3, 0.4) is 0 Å².